The van der Waals surface area contributed by atoms with E-state index in [1.807, 2.05) is 0 Å². The van der Waals surface area contributed by atoms with Gasteiger partial charge in [-0.15, -0.1) is 0 Å². The number of benzene rings is 2. The van der Waals surface area contributed by atoms with E-state index in [0.717, 1.165) is 5.52 Å². The predicted molar refractivity (Wildman–Crippen MR) is 80.8 cm³/mol. The molecular weight excluding hydrogens is 339 g/mol. The first-order valence-corrected chi connectivity index (χ1v) is 6.92. The number of aryl methyl sites for hydroxylation is 1. The zero-order valence-corrected chi connectivity index (χ0v) is 12.6. The van der Waals surface area contributed by atoms with Crippen molar-refractivity contribution in [3.63, 3.8) is 0 Å². The summed E-state index contributed by atoms with van der Waals surface area (Å²) in [6, 6.07) is 9.64. The van der Waals surface area contributed by atoms with E-state index in [0.29, 0.717) is 21.4 Å². The van der Waals surface area contributed by atoms with Crippen LogP contribution in [0.1, 0.15) is 10.4 Å². The average Bonchev–Trinajstić information content (AvgIpc) is 2.78. The van der Waals surface area contributed by atoms with E-state index in [2.05, 4.69) is 20.9 Å². The number of imidazole rings is 1. The van der Waals surface area contributed by atoms with Gasteiger partial charge in [0.25, 0.3) is 0 Å². The molecule has 0 spiro atoms. The Hall–Kier alpha value is -2.21. The van der Waals surface area contributed by atoms with Crippen LogP contribution in [0.15, 0.2) is 40.9 Å². The van der Waals surface area contributed by atoms with Crippen molar-refractivity contribution < 1.29 is 14.3 Å². The van der Waals surface area contributed by atoms with Gasteiger partial charge in [0.1, 0.15) is 11.6 Å². The lowest BCUT2D eigenvalue weighted by molar-refractivity contribution is 0.0697. The molecule has 1 heterocycles. The number of hydrogen-bond acceptors (Lipinski definition) is 2. The van der Waals surface area contributed by atoms with Crippen LogP contribution in [0.2, 0.25) is 0 Å². The average molecular weight is 349 g/mol. The molecule has 0 unspecified atom stereocenters. The summed E-state index contributed by atoms with van der Waals surface area (Å²) in [6.07, 6.45) is 0. The highest BCUT2D eigenvalue weighted by atomic mass is 79.9. The lowest BCUT2D eigenvalue weighted by atomic mass is 10.2. The van der Waals surface area contributed by atoms with Crippen LogP contribution >= 0.6 is 15.9 Å². The van der Waals surface area contributed by atoms with Crippen molar-refractivity contribution in [3.05, 3.63) is 52.3 Å². The summed E-state index contributed by atoms with van der Waals surface area (Å²) in [5.74, 6) is -0.960. The molecule has 0 aliphatic rings. The van der Waals surface area contributed by atoms with Gasteiger partial charge >= 0.3 is 5.97 Å². The van der Waals surface area contributed by atoms with E-state index in [1.54, 1.807) is 35.9 Å². The minimum absolute atomic E-state index is 0.155. The van der Waals surface area contributed by atoms with E-state index in [9.17, 15) is 9.18 Å². The predicted octanol–water partition coefficient (Wildman–Crippen LogP) is 3.84. The van der Waals surface area contributed by atoms with Crippen LogP contribution in [0, 0.1) is 5.82 Å². The van der Waals surface area contributed by atoms with E-state index in [4.69, 9.17) is 5.11 Å². The Kier molecular flexibility index (Phi) is 3.25. The van der Waals surface area contributed by atoms with Crippen LogP contribution in [-0.2, 0) is 7.05 Å². The molecule has 6 heteroatoms. The Labute approximate surface area is 128 Å². The van der Waals surface area contributed by atoms with Gasteiger partial charge in [-0.05, 0) is 46.3 Å². The summed E-state index contributed by atoms with van der Waals surface area (Å²) in [4.78, 5) is 15.4. The normalized spacial score (nSPS) is 11.0. The fourth-order valence-electron chi connectivity index (χ4n) is 2.25. The van der Waals surface area contributed by atoms with E-state index in [1.165, 1.54) is 12.1 Å². The Morgan fingerprint density at radius 1 is 1.33 bits per heavy atom. The highest BCUT2D eigenvalue weighted by Crippen LogP contribution is 2.29. The molecule has 0 radical (unpaired) electrons. The number of fused-ring (bicyclic) bond motifs is 1. The zero-order valence-electron chi connectivity index (χ0n) is 11.0. The first-order chi connectivity index (χ1) is 9.99. The molecule has 0 bridgehead atoms. The van der Waals surface area contributed by atoms with Crippen molar-refractivity contribution in [1.29, 1.82) is 0 Å². The second-order valence-corrected chi connectivity index (χ2v) is 5.46. The molecule has 1 aromatic heterocycles. The van der Waals surface area contributed by atoms with Crippen LogP contribution in [0.3, 0.4) is 0 Å². The molecule has 2 aromatic carbocycles. The summed E-state index contributed by atoms with van der Waals surface area (Å²) in [5, 5.41) is 9.02. The molecule has 0 amide bonds. The second-order valence-electron chi connectivity index (χ2n) is 4.60. The van der Waals surface area contributed by atoms with E-state index >= 15 is 0 Å². The molecule has 106 valence electrons. The van der Waals surface area contributed by atoms with Gasteiger partial charge in [0.05, 0.1) is 26.6 Å². The third-order valence-electron chi connectivity index (χ3n) is 3.32. The molecule has 3 aromatic rings. The van der Waals surface area contributed by atoms with Crippen molar-refractivity contribution in [3.8, 4) is 11.4 Å². The summed E-state index contributed by atoms with van der Waals surface area (Å²) in [5.41, 5.74) is 1.78. The highest BCUT2D eigenvalue weighted by molar-refractivity contribution is 9.10. The molecule has 0 fully saturated rings. The first kappa shape index (κ1) is 13.8. The van der Waals surface area contributed by atoms with Crippen LogP contribution in [0.4, 0.5) is 4.39 Å². The number of hydrogen-bond donors (Lipinski definition) is 1. The standard InChI is InChI=1S/C15H10BrFN2O2/c1-19-12-6-5-8(15(20)21)7-11(12)18-14(19)9-3-2-4-10(16)13(9)17/h2-7H,1H3,(H,20,21). The van der Waals surface area contributed by atoms with Crippen molar-refractivity contribution in [2.45, 2.75) is 0 Å². The van der Waals surface area contributed by atoms with Crippen LogP contribution in [0.25, 0.3) is 22.4 Å². The number of carbonyl (C=O) groups is 1. The minimum Gasteiger partial charge on any atom is -0.478 e. The molecule has 21 heavy (non-hydrogen) atoms. The topological polar surface area (TPSA) is 55.1 Å². The molecule has 4 nitrogen and oxygen atoms in total. The summed E-state index contributed by atoms with van der Waals surface area (Å²) in [7, 11) is 1.77. The zero-order chi connectivity index (χ0) is 15.1. The SMILES string of the molecule is Cn1c(-c2cccc(Br)c2F)nc2cc(C(=O)O)ccc21. The summed E-state index contributed by atoms with van der Waals surface area (Å²) >= 11 is 3.15. The fourth-order valence-corrected chi connectivity index (χ4v) is 2.62. The largest absolute Gasteiger partial charge is 0.478 e. The Morgan fingerprint density at radius 3 is 2.81 bits per heavy atom. The maximum Gasteiger partial charge on any atom is 0.335 e. The molecular formula is C15H10BrFN2O2. The second kappa shape index (κ2) is 4.96. The van der Waals surface area contributed by atoms with Gasteiger partial charge in [-0.1, -0.05) is 6.07 Å². The van der Waals surface area contributed by atoms with Gasteiger partial charge in [-0.2, -0.15) is 0 Å². The summed E-state index contributed by atoms with van der Waals surface area (Å²) in [6.45, 7) is 0. The number of aromatic carboxylic acids is 1. The Balaban J connectivity index is 2.26. The summed E-state index contributed by atoms with van der Waals surface area (Å²) < 4.78 is 16.3. The number of aromatic nitrogens is 2. The quantitative estimate of drug-likeness (QED) is 0.765. The molecule has 0 aliphatic carbocycles. The minimum atomic E-state index is -1.02. The van der Waals surface area contributed by atoms with Gasteiger partial charge in [-0.25, -0.2) is 14.2 Å². The number of halogens is 2. The number of rotatable bonds is 2. The molecule has 0 saturated carbocycles. The van der Waals surface area contributed by atoms with Crippen molar-refractivity contribution in [2.24, 2.45) is 7.05 Å². The van der Waals surface area contributed by atoms with Crippen LogP contribution in [0.5, 0.6) is 0 Å². The van der Waals surface area contributed by atoms with E-state index < -0.39 is 11.8 Å². The third kappa shape index (κ3) is 2.21. The molecule has 3 rings (SSSR count). The third-order valence-corrected chi connectivity index (χ3v) is 3.93. The lowest BCUT2D eigenvalue weighted by Gasteiger charge is -2.05. The molecule has 1 N–H and O–H groups in total. The van der Waals surface area contributed by atoms with Crippen LogP contribution in [-0.4, -0.2) is 20.6 Å². The van der Waals surface area contributed by atoms with Crippen molar-refractivity contribution in [1.82, 2.24) is 9.55 Å². The molecule has 0 saturated heterocycles. The Bertz CT molecular complexity index is 873. The van der Waals surface area contributed by atoms with E-state index in [-0.39, 0.29) is 5.56 Å². The van der Waals surface area contributed by atoms with Gasteiger partial charge in [0.2, 0.25) is 0 Å². The number of carboxylic acids is 1. The maximum atomic E-state index is 14.2. The van der Waals surface area contributed by atoms with Crippen molar-refractivity contribution in [2.75, 3.05) is 0 Å². The monoisotopic (exact) mass is 348 g/mol. The van der Waals surface area contributed by atoms with Gasteiger partial charge < -0.3 is 9.67 Å². The Morgan fingerprint density at radius 2 is 2.10 bits per heavy atom. The van der Waals surface area contributed by atoms with Gasteiger partial charge in [-0.3, -0.25) is 0 Å². The van der Waals surface area contributed by atoms with Gasteiger partial charge in [0.15, 0.2) is 0 Å². The van der Waals surface area contributed by atoms with Crippen LogP contribution < -0.4 is 0 Å². The number of nitrogens with zero attached hydrogens (tertiary/aromatic N) is 2. The molecule has 0 atom stereocenters. The molecule has 0 aliphatic heterocycles. The first-order valence-electron chi connectivity index (χ1n) is 6.13. The number of carboxylic acid groups (broad SMARTS) is 1. The van der Waals surface area contributed by atoms with Gasteiger partial charge in [0, 0.05) is 7.05 Å². The lowest BCUT2D eigenvalue weighted by Crippen LogP contribution is -1.96. The maximum absolute atomic E-state index is 14.2. The smallest absolute Gasteiger partial charge is 0.335 e. The van der Waals surface area contributed by atoms with Crippen molar-refractivity contribution >= 4 is 32.9 Å². The highest BCUT2D eigenvalue weighted by Gasteiger charge is 2.16. The fraction of sp³-hybridized carbons (Fsp3) is 0.0667.